The van der Waals surface area contributed by atoms with Crippen LogP contribution in [0.5, 0.6) is 5.75 Å². The third-order valence-corrected chi connectivity index (χ3v) is 4.32. The van der Waals surface area contributed by atoms with Crippen LogP contribution in [0.25, 0.3) is 0 Å². The van der Waals surface area contributed by atoms with E-state index in [0.717, 1.165) is 28.6 Å². The molecule has 1 aromatic carbocycles. The topological polar surface area (TPSA) is 116 Å². The van der Waals surface area contributed by atoms with Crippen molar-refractivity contribution >= 4 is 23.3 Å². The minimum atomic E-state index is -1.00. The van der Waals surface area contributed by atoms with Gasteiger partial charge in [0, 0.05) is 5.71 Å². The van der Waals surface area contributed by atoms with E-state index in [1.54, 1.807) is 0 Å². The van der Waals surface area contributed by atoms with Gasteiger partial charge in [0.1, 0.15) is 18.3 Å². The number of aryl methyl sites for hydroxylation is 2. The highest BCUT2D eigenvalue weighted by molar-refractivity contribution is 7.99. The maximum Gasteiger partial charge on any atom is 0.208 e. The van der Waals surface area contributed by atoms with E-state index in [4.69, 9.17) is 15.4 Å². The average Bonchev–Trinajstić information content (AvgIpc) is 3.02. The minimum absolute atomic E-state index is 0.0452. The van der Waals surface area contributed by atoms with Gasteiger partial charge in [-0.05, 0) is 38.0 Å². The minimum Gasteiger partial charge on any atom is -0.485 e. The zero-order valence-electron chi connectivity index (χ0n) is 14.3. The standard InChI is InChI=1S/C17H19N5O2S/c1-10-4-5-11(2)15(6-10)24-8-16-20-17(22-21-16)25-9-14(23)13(7-18)12(3)19/h4-6,13,19H,8-9H2,1-3H3,(H,20,21,22)/t13-/m0/s1. The molecule has 0 spiro atoms. The van der Waals surface area contributed by atoms with Gasteiger partial charge in [-0.15, -0.1) is 5.10 Å². The van der Waals surface area contributed by atoms with E-state index in [0.29, 0.717) is 11.0 Å². The molecule has 0 bridgehead atoms. The number of aromatic nitrogens is 3. The SMILES string of the molecule is CC(=N)[C@H](C#N)C(=O)CSc1n[nH]c(COc2cc(C)ccc2C)n1. The summed E-state index contributed by atoms with van der Waals surface area (Å²) in [6, 6.07) is 7.81. The average molecular weight is 357 g/mol. The van der Waals surface area contributed by atoms with Crippen molar-refractivity contribution in [2.45, 2.75) is 32.5 Å². The Morgan fingerprint density at radius 1 is 1.48 bits per heavy atom. The lowest BCUT2D eigenvalue weighted by atomic mass is 10.0. The number of Topliss-reactive ketones (excluding diaryl/α,β-unsaturated/α-hetero) is 1. The number of ketones is 1. The molecule has 2 rings (SSSR count). The molecule has 0 saturated heterocycles. The van der Waals surface area contributed by atoms with Crippen molar-refractivity contribution in [1.29, 1.82) is 10.7 Å². The van der Waals surface area contributed by atoms with Gasteiger partial charge in [0.15, 0.2) is 11.6 Å². The molecule has 0 aliphatic rings. The molecule has 1 atom stereocenters. The highest BCUT2D eigenvalue weighted by atomic mass is 32.2. The van der Waals surface area contributed by atoms with Crippen molar-refractivity contribution in [3.8, 4) is 11.8 Å². The Bertz CT molecular complexity index is 825. The first-order valence-corrected chi connectivity index (χ1v) is 8.60. The Kier molecular flexibility index (Phi) is 6.31. The summed E-state index contributed by atoms with van der Waals surface area (Å²) in [6.45, 7) is 5.66. The lowest BCUT2D eigenvalue weighted by Gasteiger charge is -2.08. The lowest BCUT2D eigenvalue weighted by molar-refractivity contribution is -0.117. The summed E-state index contributed by atoms with van der Waals surface area (Å²) < 4.78 is 5.75. The van der Waals surface area contributed by atoms with E-state index >= 15 is 0 Å². The molecule has 2 aromatic rings. The molecule has 0 unspecified atom stereocenters. The molecule has 0 aliphatic heterocycles. The van der Waals surface area contributed by atoms with Crippen LogP contribution in [0.4, 0.5) is 0 Å². The van der Waals surface area contributed by atoms with Crippen LogP contribution in [0, 0.1) is 36.5 Å². The Hall–Kier alpha value is -2.66. The fourth-order valence-electron chi connectivity index (χ4n) is 2.05. The zero-order chi connectivity index (χ0) is 18.4. The normalized spacial score (nSPS) is 11.6. The number of carbonyl (C=O) groups excluding carboxylic acids is 1. The summed E-state index contributed by atoms with van der Waals surface area (Å²) >= 11 is 1.13. The van der Waals surface area contributed by atoms with Gasteiger partial charge < -0.3 is 10.1 Å². The van der Waals surface area contributed by atoms with Crippen LogP contribution in [0.2, 0.25) is 0 Å². The first kappa shape index (κ1) is 18.7. The number of nitrogens with one attached hydrogen (secondary N) is 2. The molecule has 7 nitrogen and oxygen atoms in total. The summed E-state index contributed by atoms with van der Waals surface area (Å²) in [7, 11) is 0. The lowest BCUT2D eigenvalue weighted by Crippen LogP contribution is -2.21. The van der Waals surface area contributed by atoms with Gasteiger partial charge in [0.05, 0.1) is 11.8 Å². The third-order valence-electron chi connectivity index (χ3n) is 3.45. The van der Waals surface area contributed by atoms with Crippen molar-refractivity contribution in [2.75, 3.05) is 5.75 Å². The van der Waals surface area contributed by atoms with Crippen LogP contribution < -0.4 is 4.74 Å². The summed E-state index contributed by atoms with van der Waals surface area (Å²) in [5.41, 5.74) is 2.20. The zero-order valence-corrected chi connectivity index (χ0v) is 15.1. The molecule has 130 valence electrons. The Morgan fingerprint density at radius 2 is 2.24 bits per heavy atom. The fraction of sp³-hybridized carbons (Fsp3) is 0.353. The van der Waals surface area contributed by atoms with Crippen molar-refractivity contribution in [3.63, 3.8) is 0 Å². The predicted molar refractivity (Wildman–Crippen MR) is 94.9 cm³/mol. The van der Waals surface area contributed by atoms with Gasteiger partial charge in [0.25, 0.3) is 0 Å². The van der Waals surface area contributed by atoms with E-state index in [2.05, 4.69) is 15.2 Å². The van der Waals surface area contributed by atoms with Crippen LogP contribution in [-0.4, -0.2) is 32.4 Å². The van der Waals surface area contributed by atoms with Gasteiger partial charge >= 0.3 is 0 Å². The van der Waals surface area contributed by atoms with Crippen molar-refractivity contribution in [3.05, 3.63) is 35.2 Å². The number of thioether (sulfide) groups is 1. The largest absolute Gasteiger partial charge is 0.485 e. The summed E-state index contributed by atoms with van der Waals surface area (Å²) in [5, 5.41) is 23.6. The van der Waals surface area contributed by atoms with Gasteiger partial charge in [-0.1, -0.05) is 23.9 Å². The molecule has 8 heteroatoms. The Morgan fingerprint density at radius 3 is 2.92 bits per heavy atom. The first-order chi connectivity index (χ1) is 11.9. The van der Waals surface area contributed by atoms with E-state index in [-0.39, 0.29) is 23.9 Å². The summed E-state index contributed by atoms with van der Waals surface area (Å²) in [6.07, 6.45) is 0. The van der Waals surface area contributed by atoms with Crippen molar-refractivity contribution < 1.29 is 9.53 Å². The Labute approximate surface area is 150 Å². The molecule has 0 saturated carbocycles. The number of hydrogen-bond acceptors (Lipinski definition) is 7. The van der Waals surface area contributed by atoms with Gasteiger partial charge in [-0.25, -0.2) is 4.98 Å². The molecule has 25 heavy (non-hydrogen) atoms. The van der Waals surface area contributed by atoms with Crippen LogP contribution in [0.15, 0.2) is 23.4 Å². The molecule has 2 N–H and O–H groups in total. The summed E-state index contributed by atoms with van der Waals surface area (Å²) in [4.78, 5) is 16.2. The van der Waals surface area contributed by atoms with E-state index in [9.17, 15) is 4.79 Å². The maximum absolute atomic E-state index is 11.9. The van der Waals surface area contributed by atoms with Crippen molar-refractivity contribution in [2.24, 2.45) is 5.92 Å². The molecule has 0 radical (unpaired) electrons. The molecular formula is C17H19N5O2S. The maximum atomic E-state index is 11.9. The fourth-order valence-corrected chi connectivity index (χ4v) is 2.77. The number of benzene rings is 1. The highest BCUT2D eigenvalue weighted by Crippen LogP contribution is 2.20. The second-order valence-corrected chi connectivity index (χ2v) is 6.56. The number of nitrogens with zero attached hydrogens (tertiary/aromatic N) is 3. The van der Waals surface area contributed by atoms with Crippen LogP contribution in [0.3, 0.4) is 0 Å². The van der Waals surface area contributed by atoms with E-state index in [1.165, 1.54) is 6.92 Å². The number of aromatic amines is 1. The molecule has 1 heterocycles. The second-order valence-electron chi connectivity index (χ2n) is 5.62. The molecule has 0 aliphatic carbocycles. The molecular weight excluding hydrogens is 338 g/mol. The van der Waals surface area contributed by atoms with Gasteiger partial charge in [0.2, 0.25) is 5.16 Å². The van der Waals surface area contributed by atoms with Crippen molar-refractivity contribution in [1.82, 2.24) is 15.2 Å². The second kappa shape index (κ2) is 8.44. The Balaban J connectivity index is 1.90. The van der Waals surface area contributed by atoms with Crippen LogP contribution >= 0.6 is 11.8 Å². The molecule has 0 fully saturated rings. The van der Waals surface area contributed by atoms with E-state index in [1.807, 2.05) is 38.1 Å². The predicted octanol–water partition coefficient (Wildman–Crippen LogP) is 2.84. The quantitative estimate of drug-likeness (QED) is 0.554. The number of hydrogen-bond donors (Lipinski definition) is 2. The third kappa shape index (κ3) is 5.16. The number of carbonyl (C=O) groups is 1. The monoisotopic (exact) mass is 357 g/mol. The number of nitriles is 1. The number of ether oxygens (including phenoxy) is 1. The van der Waals surface area contributed by atoms with Crippen LogP contribution in [0.1, 0.15) is 23.9 Å². The van der Waals surface area contributed by atoms with E-state index < -0.39 is 5.92 Å². The van der Waals surface area contributed by atoms with Crippen LogP contribution in [-0.2, 0) is 11.4 Å². The number of H-pyrrole nitrogens is 1. The molecule has 0 amide bonds. The summed E-state index contributed by atoms with van der Waals surface area (Å²) in [5.74, 6) is 0.0652. The first-order valence-electron chi connectivity index (χ1n) is 7.62. The van der Waals surface area contributed by atoms with Gasteiger partial charge in [-0.2, -0.15) is 5.26 Å². The molecule has 1 aromatic heterocycles. The van der Waals surface area contributed by atoms with Gasteiger partial charge in [-0.3, -0.25) is 9.89 Å². The number of rotatable bonds is 8. The highest BCUT2D eigenvalue weighted by Gasteiger charge is 2.20. The smallest absolute Gasteiger partial charge is 0.208 e.